The first-order chi connectivity index (χ1) is 9.55. The summed E-state index contributed by atoms with van der Waals surface area (Å²) in [6.45, 7) is 5.25. The van der Waals surface area contributed by atoms with Crippen LogP contribution in [0.4, 0.5) is 0 Å². The fourth-order valence-corrected chi connectivity index (χ4v) is 2.63. The van der Waals surface area contributed by atoms with Gasteiger partial charge in [0.15, 0.2) is 0 Å². The van der Waals surface area contributed by atoms with Crippen LogP contribution in [0.1, 0.15) is 42.8 Å². The van der Waals surface area contributed by atoms with Crippen molar-refractivity contribution >= 4 is 16.9 Å². The molecular weight excluding hydrogens is 254 g/mol. The minimum absolute atomic E-state index is 0.00880. The summed E-state index contributed by atoms with van der Waals surface area (Å²) >= 11 is 0. The van der Waals surface area contributed by atoms with E-state index in [0.29, 0.717) is 11.6 Å². The van der Waals surface area contributed by atoms with Crippen molar-refractivity contribution in [2.45, 2.75) is 39.3 Å². The number of hydrogen-bond donors (Lipinski definition) is 1. The van der Waals surface area contributed by atoms with E-state index < -0.39 is 5.97 Å². The van der Waals surface area contributed by atoms with Gasteiger partial charge >= 0.3 is 5.97 Å². The van der Waals surface area contributed by atoms with Crippen molar-refractivity contribution < 1.29 is 14.3 Å². The molecule has 0 fully saturated rings. The highest BCUT2D eigenvalue weighted by atomic mass is 16.4. The van der Waals surface area contributed by atoms with Gasteiger partial charge in [-0.15, -0.1) is 0 Å². The minimum Gasteiger partial charge on any atom is -0.475 e. The maximum atomic E-state index is 10.9. The summed E-state index contributed by atoms with van der Waals surface area (Å²) in [4.78, 5) is 13.2. The highest BCUT2D eigenvalue weighted by Gasteiger charge is 2.13. The first kappa shape index (κ1) is 14.6. The maximum absolute atomic E-state index is 10.9. The zero-order valence-corrected chi connectivity index (χ0v) is 12.2. The van der Waals surface area contributed by atoms with Crippen LogP contribution in [0.5, 0.6) is 0 Å². The first-order valence-electron chi connectivity index (χ1n) is 7.01. The Morgan fingerprint density at radius 1 is 1.30 bits per heavy atom. The molecule has 1 N–H and O–H groups in total. The van der Waals surface area contributed by atoms with E-state index in [-0.39, 0.29) is 5.76 Å². The third-order valence-corrected chi connectivity index (χ3v) is 3.79. The van der Waals surface area contributed by atoms with Gasteiger partial charge in [-0.1, -0.05) is 19.9 Å². The van der Waals surface area contributed by atoms with Crippen LogP contribution in [0.2, 0.25) is 0 Å². The van der Waals surface area contributed by atoms with Crippen molar-refractivity contribution in [3.63, 3.8) is 0 Å². The van der Waals surface area contributed by atoms with Crippen molar-refractivity contribution in [3.8, 4) is 0 Å². The lowest BCUT2D eigenvalue weighted by atomic mass is 10.1. The molecule has 0 atom stereocenters. The Bertz CT molecular complexity index is 599. The first-order valence-corrected chi connectivity index (χ1v) is 7.01. The molecule has 1 heterocycles. The van der Waals surface area contributed by atoms with E-state index in [9.17, 15) is 4.79 Å². The largest absolute Gasteiger partial charge is 0.475 e. The van der Waals surface area contributed by atoms with Crippen LogP contribution in [0, 0.1) is 0 Å². The van der Waals surface area contributed by atoms with Gasteiger partial charge in [-0.25, -0.2) is 4.79 Å². The fraction of sp³-hybridized carbons (Fsp3) is 0.438. The van der Waals surface area contributed by atoms with E-state index in [1.807, 2.05) is 18.2 Å². The minimum atomic E-state index is -1.03. The van der Waals surface area contributed by atoms with Crippen LogP contribution in [-0.2, 0) is 6.54 Å². The molecule has 2 rings (SSSR count). The number of aromatic carboxylic acids is 1. The lowest BCUT2D eigenvalue weighted by molar-refractivity contribution is 0.0665. The molecule has 0 radical (unpaired) electrons. The standard InChI is InChI=1S/C16H21NO3/c1-4-13(5-2)17(3)10-11-6-7-14-12(8-11)9-15(20-14)16(18)19/h6-9,13H,4-5,10H2,1-3H3,(H,18,19). The second kappa shape index (κ2) is 6.09. The highest BCUT2D eigenvalue weighted by molar-refractivity contribution is 5.91. The van der Waals surface area contributed by atoms with Crippen LogP contribution in [0.15, 0.2) is 28.7 Å². The van der Waals surface area contributed by atoms with Gasteiger partial charge in [-0.3, -0.25) is 4.90 Å². The van der Waals surface area contributed by atoms with Crippen molar-refractivity contribution in [2.75, 3.05) is 7.05 Å². The van der Waals surface area contributed by atoms with Gasteiger partial charge in [0.25, 0.3) is 0 Å². The molecule has 0 aliphatic heterocycles. The Morgan fingerprint density at radius 3 is 2.60 bits per heavy atom. The van der Waals surface area contributed by atoms with Crippen molar-refractivity contribution in [1.29, 1.82) is 0 Å². The molecule has 0 saturated heterocycles. The average molecular weight is 275 g/mol. The normalized spacial score (nSPS) is 11.7. The van der Waals surface area contributed by atoms with Crippen LogP contribution in [0.3, 0.4) is 0 Å². The molecule has 0 saturated carbocycles. The van der Waals surface area contributed by atoms with E-state index in [0.717, 1.165) is 24.8 Å². The van der Waals surface area contributed by atoms with E-state index in [1.165, 1.54) is 5.56 Å². The second-order valence-corrected chi connectivity index (χ2v) is 5.17. The van der Waals surface area contributed by atoms with Crippen molar-refractivity contribution in [1.82, 2.24) is 4.90 Å². The lowest BCUT2D eigenvalue weighted by Crippen LogP contribution is -2.29. The topological polar surface area (TPSA) is 53.7 Å². The summed E-state index contributed by atoms with van der Waals surface area (Å²) in [5.41, 5.74) is 1.79. The zero-order valence-electron chi connectivity index (χ0n) is 12.2. The maximum Gasteiger partial charge on any atom is 0.371 e. The van der Waals surface area contributed by atoms with Gasteiger partial charge in [-0.05, 0) is 43.7 Å². The Hall–Kier alpha value is -1.81. The predicted molar refractivity (Wildman–Crippen MR) is 79.0 cm³/mol. The van der Waals surface area contributed by atoms with Gasteiger partial charge in [0.1, 0.15) is 5.58 Å². The number of nitrogens with zero attached hydrogens (tertiary/aromatic N) is 1. The number of carbonyl (C=O) groups is 1. The number of furan rings is 1. The molecule has 0 unspecified atom stereocenters. The molecule has 4 nitrogen and oxygen atoms in total. The zero-order chi connectivity index (χ0) is 14.7. The van der Waals surface area contributed by atoms with Gasteiger partial charge in [-0.2, -0.15) is 0 Å². The molecule has 20 heavy (non-hydrogen) atoms. The molecular formula is C16H21NO3. The van der Waals surface area contributed by atoms with Gasteiger partial charge in [0.05, 0.1) is 0 Å². The van der Waals surface area contributed by atoms with E-state index in [1.54, 1.807) is 6.07 Å². The summed E-state index contributed by atoms with van der Waals surface area (Å²) in [7, 11) is 2.12. The molecule has 0 aliphatic carbocycles. The van der Waals surface area contributed by atoms with Crippen molar-refractivity contribution in [2.24, 2.45) is 0 Å². The summed E-state index contributed by atoms with van der Waals surface area (Å²) in [6, 6.07) is 8.00. The molecule has 0 aliphatic rings. The van der Waals surface area contributed by atoms with E-state index >= 15 is 0 Å². The lowest BCUT2D eigenvalue weighted by Gasteiger charge is -2.26. The number of rotatable bonds is 6. The van der Waals surface area contributed by atoms with Gasteiger partial charge < -0.3 is 9.52 Å². The smallest absolute Gasteiger partial charge is 0.371 e. The highest BCUT2D eigenvalue weighted by Crippen LogP contribution is 2.22. The molecule has 0 amide bonds. The monoisotopic (exact) mass is 275 g/mol. The fourth-order valence-electron chi connectivity index (χ4n) is 2.63. The number of carboxylic acids is 1. The van der Waals surface area contributed by atoms with E-state index in [2.05, 4.69) is 25.8 Å². The molecule has 108 valence electrons. The second-order valence-electron chi connectivity index (χ2n) is 5.17. The van der Waals surface area contributed by atoms with E-state index in [4.69, 9.17) is 9.52 Å². The number of hydrogen-bond acceptors (Lipinski definition) is 3. The Labute approximate surface area is 119 Å². The van der Waals surface area contributed by atoms with Gasteiger partial charge in [0, 0.05) is 18.0 Å². The molecule has 0 bridgehead atoms. The third kappa shape index (κ3) is 3.02. The van der Waals surface area contributed by atoms with Crippen LogP contribution >= 0.6 is 0 Å². The van der Waals surface area contributed by atoms with Crippen molar-refractivity contribution in [3.05, 3.63) is 35.6 Å². The summed E-state index contributed by atoms with van der Waals surface area (Å²) in [6.07, 6.45) is 2.26. The predicted octanol–water partition coefficient (Wildman–Crippen LogP) is 3.75. The Kier molecular flexibility index (Phi) is 4.45. The molecule has 1 aromatic heterocycles. The SMILES string of the molecule is CCC(CC)N(C)Cc1ccc2oc(C(=O)O)cc2c1. The summed E-state index contributed by atoms with van der Waals surface area (Å²) in [5, 5.41) is 9.78. The summed E-state index contributed by atoms with van der Waals surface area (Å²) < 4.78 is 5.27. The Balaban J connectivity index is 2.21. The number of benzene rings is 1. The molecule has 2 aromatic rings. The van der Waals surface area contributed by atoms with Gasteiger partial charge in [0.2, 0.25) is 5.76 Å². The number of carboxylic acid groups (broad SMARTS) is 1. The average Bonchev–Trinajstić information content (AvgIpc) is 2.83. The van der Waals surface area contributed by atoms with Crippen LogP contribution in [0.25, 0.3) is 11.0 Å². The third-order valence-electron chi connectivity index (χ3n) is 3.79. The molecule has 0 spiro atoms. The van der Waals surface area contributed by atoms with Crippen LogP contribution in [-0.4, -0.2) is 29.1 Å². The summed E-state index contributed by atoms with van der Waals surface area (Å²) in [5.74, 6) is -1.04. The van der Waals surface area contributed by atoms with Crippen LogP contribution < -0.4 is 0 Å². The Morgan fingerprint density at radius 2 is 2.00 bits per heavy atom. The quantitative estimate of drug-likeness (QED) is 0.872. The number of fused-ring (bicyclic) bond motifs is 1. The molecule has 4 heteroatoms. The molecule has 1 aromatic carbocycles.